The summed E-state index contributed by atoms with van der Waals surface area (Å²) in [6, 6.07) is 0.263. The van der Waals surface area contributed by atoms with E-state index in [0.717, 1.165) is 32.1 Å². The average molecular weight is 156 g/mol. The highest BCUT2D eigenvalue weighted by Gasteiger charge is 2.03. The highest BCUT2D eigenvalue weighted by atomic mass is 16.1. The molecule has 3 nitrogen and oxygen atoms in total. The van der Waals surface area contributed by atoms with Crippen molar-refractivity contribution in [1.29, 1.82) is 5.41 Å². The fraction of sp³-hybridized carbons (Fsp3) is 0.750. The lowest BCUT2D eigenvalue weighted by Gasteiger charge is -2.12. The molecule has 0 bridgehead atoms. The molecule has 0 aromatic heterocycles. The van der Waals surface area contributed by atoms with E-state index in [1.807, 2.05) is 0 Å². The molecule has 0 spiro atoms. The Kier molecular flexibility index (Phi) is 6.68. The van der Waals surface area contributed by atoms with Gasteiger partial charge in [0.2, 0.25) is 6.41 Å². The number of hydrogen-bond acceptors (Lipinski definition) is 2. The van der Waals surface area contributed by atoms with Gasteiger partial charge in [0.15, 0.2) is 0 Å². The smallest absolute Gasteiger partial charge is 0.207 e. The molecule has 64 valence electrons. The Morgan fingerprint density at radius 2 is 2.27 bits per heavy atom. The summed E-state index contributed by atoms with van der Waals surface area (Å²) in [5.74, 6) is 0. The fourth-order valence-corrected chi connectivity index (χ4v) is 1.04. The zero-order chi connectivity index (χ0) is 8.53. The van der Waals surface area contributed by atoms with Crippen LogP contribution in [-0.4, -0.2) is 18.7 Å². The Balaban J connectivity index is 3.49. The maximum Gasteiger partial charge on any atom is 0.207 e. The highest BCUT2D eigenvalue weighted by molar-refractivity contribution is 5.53. The molecule has 0 saturated heterocycles. The van der Waals surface area contributed by atoms with Gasteiger partial charge in [-0.25, -0.2) is 0 Å². The minimum absolute atomic E-state index is 0.263. The number of amides is 1. The van der Waals surface area contributed by atoms with Crippen LogP contribution in [0.4, 0.5) is 0 Å². The lowest BCUT2D eigenvalue weighted by Crippen LogP contribution is -2.27. The standard InChI is InChI=1S/C8H16N2O/c1-2-4-8(10-7-11)5-3-6-9/h6-9H,2-5H2,1H3,(H,10,11). The summed E-state index contributed by atoms with van der Waals surface area (Å²) in [5, 5.41) is 9.55. The third kappa shape index (κ3) is 5.58. The second-order valence-electron chi connectivity index (χ2n) is 2.55. The molecule has 0 aliphatic carbocycles. The molecular formula is C8H16N2O. The quantitative estimate of drug-likeness (QED) is 0.424. The maximum absolute atomic E-state index is 10.1. The van der Waals surface area contributed by atoms with Crippen LogP contribution in [0.3, 0.4) is 0 Å². The Bertz CT molecular complexity index is 115. The molecule has 1 amide bonds. The van der Waals surface area contributed by atoms with E-state index in [1.54, 1.807) is 0 Å². The zero-order valence-electron chi connectivity index (χ0n) is 6.97. The van der Waals surface area contributed by atoms with Gasteiger partial charge in [-0.1, -0.05) is 13.3 Å². The van der Waals surface area contributed by atoms with Crippen molar-refractivity contribution in [1.82, 2.24) is 5.32 Å². The van der Waals surface area contributed by atoms with E-state index < -0.39 is 0 Å². The SMILES string of the molecule is CCCC(CCC=N)NC=O. The Labute approximate surface area is 67.7 Å². The normalized spacial score (nSPS) is 12.1. The number of nitrogens with one attached hydrogen (secondary N) is 2. The Morgan fingerprint density at radius 1 is 1.55 bits per heavy atom. The first kappa shape index (κ1) is 10.1. The molecule has 0 aromatic carbocycles. The summed E-state index contributed by atoms with van der Waals surface area (Å²) >= 11 is 0. The van der Waals surface area contributed by atoms with E-state index in [4.69, 9.17) is 5.41 Å². The topological polar surface area (TPSA) is 53.0 Å². The third-order valence-corrected chi connectivity index (χ3v) is 1.60. The molecule has 11 heavy (non-hydrogen) atoms. The Hall–Kier alpha value is -0.860. The number of carbonyl (C=O) groups is 1. The lowest BCUT2D eigenvalue weighted by atomic mass is 10.1. The second kappa shape index (κ2) is 7.25. The van der Waals surface area contributed by atoms with Gasteiger partial charge in [-0.15, -0.1) is 0 Å². The molecule has 1 atom stereocenters. The molecule has 2 N–H and O–H groups in total. The van der Waals surface area contributed by atoms with Crippen molar-refractivity contribution in [2.75, 3.05) is 0 Å². The van der Waals surface area contributed by atoms with E-state index in [9.17, 15) is 4.79 Å². The van der Waals surface area contributed by atoms with Crippen molar-refractivity contribution >= 4 is 12.6 Å². The van der Waals surface area contributed by atoms with Gasteiger partial charge >= 0.3 is 0 Å². The van der Waals surface area contributed by atoms with Crippen LogP contribution in [-0.2, 0) is 4.79 Å². The largest absolute Gasteiger partial charge is 0.356 e. The summed E-state index contributed by atoms with van der Waals surface area (Å²) in [7, 11) is 0. The minimum atomic E-state index is 0.263. The molecular weight excluding hydrogens is 140 g/mol. The van der Waals surface area contributed by atoms with Crippen LogP contribution in [0, 0.1) is 5.41 Å². The van der Waals surface area contributed by atoms with Gasteiger partial charge in [0.25, 0.3) is 0 Å². The van der Waals surface area contributed by atoms with Crippen LogP contribution in [0.15, 0.2) is 0 Å². The number of rotatable bonds is 7. The minimum Gasteiger partial charge on any atom is -0.356 e. The van der Waals surface area contributed by atoms with Gasteiger partial charge in [-0.3, -0.25) is 4.79 Å². The summed E-state index contributed by atoms with van der Waals surface area (Å²) < 4.78 is 0. The molecule has 1 unspecified atom stereocenters. The van der Waals surface area contributed by atoms with Crippen LogP contribution >= 0.6 is 0 Å². The van der Waals surface area contributed by atoms with Gasteiger partial charge in [-0.05, 0) is 25.5 Å². The number of carbonyl (C=O) groups excluding carboxylic acids is 1. The lowest BCUT2D eigenvalue weighted by molar-refractivity contribution is -0.110. The fourth-order valence-electron chi connectivity index (χ4n) is 1.04. The molecule has 0 rings (SSSR count). The molecule has 0 aliphatic rings. The van der Waals surface area contributed by atoms with Gasteiger partial charge in [-0.2, -0.15) is 0 Å². The van der Waals surface area contributed by atoms with E-state index in [1.165, 1.54) is 6.21 Å². The van der Waals surface area contributed by atoms with Crippen molar-refractivity contribution in [3.8, 4) is 0 Å². The summed E-state index contributed by atoms with van der Waals surface area (Å²) in [6.07, 6.45) is 5.84. The van der Waals surface area contributed by atoms with Crippen LogP contribution < -0.4 is 5.32 Å². The van der Waals surface area contributed by atoms with E-state index in [-0.39, 0.29) is 6.04 Å². The van der Waals surface area contributed by atoms with E-state index in [0.29, 0.717) is 0 Å². The zero-order valence-corrected chi connectivity index (χ0v) is 6.97. The molecule has 0 radical (unpaired) electrons. The van der Waals surface area contributed by atoms with E-state index in [2.05, 4.69) is 12.2 Å². The van der Waals surface area contributed by atoms with Crippen molar-refractivity contribution in [2.45, 2.75) is 38.6 Å². The summed E-state index contributed by atoms with van der Waals surface area (Å²) in [6.45, 7) is 2.09. The van der Waals surface area contributed by atoms with Gasteiger partial charge in [0, 0.05) is 6.04 Å². The van der Waals surface area contributed by atoms with Gasteiger partial charge in [0.1, 0.15) is 0 Å². The first-order valence-electron chi connectivity index (χ1n) is 4.03. The highest BCUT2D eigenvalue weighted by Crippen LogP contribution is 2.02. The average Bonchev–Trinajstić information content (AvgIpc) is 2.01. The van der Waals surface area contributed by atoms with Crippen molar-refractivity contribution in [3.05, 3.63) is 0 Å². The first-order chi connectivity index (χ1) is 5.35. The van der Waals surface area contributed by atoms with E-state index >= 15 is 0 Å². The van der Waals surface area contributed by atoms with Gasteiger partial charge in [0.05, 0.1) is 0 Å². The van der Waals surface area contributed by atoms with Crippen LogP contribution in [0.25, 0.3) is 0 Å². The van der Waals surface area contributed by atoms with Crippen molar-refractivity contribution in [3.63, 3.8) is 0 Å². The monoisotopic (exact) mass is 156 g/mol. The van der Waals surface area contributed by atoms with Crippen LogP contribution in [0.2, 0.25) is 0 Å². The maximum atomic E-state index is 10.1. The summed E-state index contributed by atoms with van der Waals surface area (Å²) in [4.78, 5) is 10.1. The predicted octanol–water partition coefficient (Wildman–Crippen LogP) is 1.33. The van der Waals surface area contributed by atoms with Crippen LogP contribution in [0.1, 0.15) is 32.6 Å². The molecule has 0 aromatic rings. The molecule has 3 heteroatoms. The molecule has 0 aliphatic heterocycles. The molecule has 0 heterocycles. The second-order valence-corrected chi connectivity index (χ2v) is 2.55. The molecule has 0 saturated carbocycles. The predicted molar refractivity (Wildman–Crippen MR) is 45.9 cm³/mol. The Morgan fingerprint density at radius 3 is 2.73 bits per heavy atom. The van der Waals surface area contributed by atoms with Crippen molar-refractivity contribution < 1.29 is 4.79 Å². The van der Waals surface area contributed by atoms with Gasteiger partial charge < -0.3 is 10.7 Å². The summed E-state index contributed by atoms with van der Waals surface area (Å²) in [5.41, 5.74) is 0. The van der Waals surface area contributed by atoms with Crippen LogP contribution in [0.5, 0.6) is 0 Å². The first-order valence-corrected chi connectivity index (χ1v) is 4.03. The third-order valence-electron chi connectivity index (χ3n) is 1.60. The van der Waals surface area contributed by atoms with Crippen molar-refractivity contribution in [2.24, 2.45) is 0 Å². The number of hydrogen-bond donors (Lipinski definition) is 2. The molecule has 0 fully saturated rings.